The van der Waals surface area contributed by atoms with Gasteiger partial charge in [0, 0.05) is 5.39 Å². The average Bonchev–Trinajstić information content (AvgIpc) is 2.32. The molecule has 0 aliphatic heterocycles. The third-order valence-corrected chi connectivity index (χ3v) is 3.41. The molecule has 0 radical (unpaired) electrons. The standard InChI is InChI=1S/C13H11ClF3NO/c1-6-4-8(19-3)5-9-10(14)7(2)12(13(15,16)17)18-11(6)9/h4-5H,1-3H3. The van der Waals surface area contributed by atoms with E-state index in [1.165, 1.54) is 14.0 Å². The minimum absolute atomic E-state index is 0.0549. The van der Waals surface area contributed by atoms with Gasteiger partial charge in [-0.2, -0.15) is 13.2 Å². The van der Waals surface area contributed by atoms with E-state index in [1.54, 1.807) is 19.1 Å². The van der Waals surface area contributed by atoms with Crippen LogP contribution in [0.1, 0.15) is 16.8 Å². The fraction of sp³-hybridized carbons (Fsp3) is 0.308. The number of hydrogen-bond acceptors (Lipinski definition) is 2. The second kappa shape index (κ2) is 4.56. The topological polar surface area (TPSA) is 22.1 Å². The molecule has 0 bridgehead atoms. The lowest BCUT2D eigenvalue weighted by Gasteiger charge is -2.14. The summed E-state index contributed by atoms with van der Waals surface area (Å²) in [6.45, 7) is 2.98. The molecule has 0 unspecified atom stereocenters. The van der Waals surface area contributed by atoms with Gasteiger partial charge in [0.1, 0.15) is 11.4 Å². The Bertz CT molecular complexity index is 653. The smallest absolute Gasteiger partial charge is 0.433 e. The van der Waals surface area contributed by atoms with Crippen molar-refractivity contribution in [3.8, 4) is 5.75 Å². The first-order valence-electron chi connectivity index (χ1n) is 5.47. The molecule has 0 atom stereocenters. The number of aromatic nitrogens is 1. The molecule has 2 nitrogen and oxygen atoms in total. The number of benzene rings is 1. The van der Waals surface area contributed by atoms with Gasteiger partial charge < -0.3 is 4.74 Å². The number of alkyl halides is 3. The normalized spacial score (nSPS) is 11.9. The molecule has 19 heavy (non-hydrogen) atoms. The first-order valence-corrected chi connectivity index (χ1v) is 5.85. The Morgan fingerprint density at radius 3 is 2.37 bits per heavy atom. The van der Waals surface area contributed by atoms with Gasteiger partial charge in [-0.25, -0.2) is 4.98 Å². The first-order chi connectivity index (χ1) is 8.75. The van der Waals surface area contributed by atoms with Crippen LogP contribution in [0.25, 0.3) is 10.9 Å². The van der Waals surface area contributed by atoms with Crippen LogP contribution in [0.2, 0.25) is 5.02 Å². The largest absolute Gasteiger partial charge is 0.497 e. The Morgan fingerprint density at radius 1 is 1.21 bits per heavy atom. The molecule has 0 saturated carbocycles. The van der Waals surface area contributed by atoms with E-state index in [2.05, 4.69) is 4.98 Å². The molecular weight excluding hydrogens is 279 g/mol. The predicted octanol–water partition coefficient (Wildman–Crippen LogP) is 4.53. The van der Waals surface area contributed by atoms with Crippen LogP contribution in [0.3, 0.4) is 0 Å². The van der Waals surface area contributed by atoms with Gasteiger partial charge in [-0.3, -0.25) is 0 Å². The van der Waals surface area contributed by atoms with Crippen molar-refractivity contribution < 1.29 is 17.9 Å². The third kappa shape index (κ3) is 2.34. The van der Waals surface area contributed by atoms with Crippen LogP contribution >= 0.6 is 11.6 Å². The van der Waals surface area contributed by atoms with Gasteiger partial charge in [0.15, 0.2) is 0 Å². The van der Waals surface area contributed by atoms with Crippen LogP contribution in [-0.2, 0) is 6.18 Å². The summed E-state index contributed by atoms with van der Waals surface area (Å²) >= 11 is 6.04. The number of fused-ring (bicyclic) bond motifs is 1. The van der Waals surface area contributed by atoms with Gasteiger partial charge in [-0.05, 0) is 37.1 Å². The van der Waals surface area contributed by atoms with Gasteiger partial charge in [-0.1, -0.05) is 11.6 Å². The van der Waals surface area contributed by atoms with Crippen LogP contribution in [-0.4, -0.2) is 12.1 Å². The summed E-state index contributed by atoms with van der Waals surface area (Å²) in [7, 11) is 1.49. The van der Waals surface area contributed by atoms with Crippen LogP contribution in [0, 0.1) is 13.8 Å². The summed E-state index contributed by atoms with van der Waals surface area (Å²) in [5.74, 6) is 0.535. The monoisotopic (exact) mass is 289 g/mol. The molecule has 0 aliphatic carbocycles. The zero-order valence-corrected chi connectivity index (χ0v) is 11.3. The van der Waals surface area contributed by atoms with Crippen LogP contribution < -0.4 is 4.74 Å². The zero-order valence-electron chi connectivity index (χ0n) is 10.5. The van der Waals surface area contributed by atoms with Crippen LogP contribution in [0.4, 0.5) is 13.2 Å². The summed E-state index contributed by atoms with van der Waals surface area (Å²) in [6.07, 6.45) is -4.52. The summed E-state index contributed by atoms with van der Waals surface area (Å²) in [5, 5.41) is 0.517. The Balaban J connectivity index is 2.88. The van der Waals surface area contributed by atoms with Crippen LogP contribution in [0.5, 0.6) is 5.75 Å². The molecule has 0 saturated heterocycles. The van der Waals surface area contributed by atoms with Crippen LogP contribution in [0.15, 0.2) is 12.1 Å². The highest BCUT2D eigenvalue weighted by atomic mass is 35.5. The maximum absolute atomic E-state index is 12.9. The molecule has 0 spiro atoms. The number of methoxy groups -OCH3 is 1. The zero-order chi connectivity index (χ0) is 14.4. The molecule has 0 amide bonds. The SMILES string of the molecule is COc1cc(C)c2nc(C(F)(F)F)c(C)c(Cl)c2c1. The van der Waals surface area contributed by atoms with Gasteiger partial charge in [0.2, 0.25) is 0 Å². The molecule has 0 N–H and O–H groups in total. The number of halogens is 4. The minimum Gasteiger partial charge on any atom is -0.497 e. The number of hydrogen-bond donors (Lipinski definition) is 0. The summed E-state index contributed by atoms with van der Waals surface area (Å²) in [4.78, 5) is 3.72. The van der Waals surface area contributed by atoms with Gasteiger partial charge in [0.05, 0.1) is 17.6 Å². The number of nitrogens with zero attached hydrogens (tertiary/aromatic N) is 1. The van der Waals surface area contributed by atoms with Crippen molar-refractivity contribution in [2.75, 3.05) is 7.11 Å². The molecule has 102 valence electrons. The van der Waals surface area contributed by atoms with E-state index >= 15 is 0 Å². The lowest BCUT2D eigenvalue weighted by atomic mass is 10.1. The van der Waals surface area contributed by atoms with Crippen molar-refractivity contribution >= 4 is 22.5 Å². The van der Waals surface area contributed by atoms with Crippen molar-refractivity contribution in [3.63, 3.8) is 0 Å². The fourth-order valence-electron chi connectivity index (χ4n) is 1.96. The second-order valence-corrected chi connectivity index (χ2v) is 4.62. The fourth-order valence-corrected chi connectivity index (χ4v) is 2.19. The number of pyridine rings is 1. The highest BCUT2D eigenvalue weighted by Gasteiger charge is 2.36. The Labute approximate surface area is 113 Å². The predicted molar refractivity (Wildman–Crippen MR) is 67.8 cm³/mol. The lowest BCUT2D eigenvalue weighted by molar-refractivity contribution is -0.141. The van der Waals surface area contributed by atoms with Crippen molar-refractivity contribution in [1.82, 2.24) is 4.98 Å². The quantitative estimate of drug-likeness (QED) is 0.769. The molecule has 6 heteroatoms. The molecule has 1 aromatic carbocycles. The van der Waals surface area contributed by atoms with Crippen molar-refractivity contribution in [2.24, 2.45) is 0 Å². The van der Waals surface area contributed by atoms with Crippen molar-refractivity contribution in [3.05, 3.63) is 34.0 Å². The van der Waals surface area contributed by atoms with E-state index in [-0.39, 0.29) is 16.1 Å². The Kier molecular flexibility index (Phi) is 3.34. The number of aryl methyl sites for hydroxylation is 1. The first kappa shape index (κ1) is 13.9. The average molecular weight is 290 g/mol. The molecule has 1 aromatic heterocycles. The molecule has 2 aromatic rings. The maximum atomic E-state index is 12.9. The van der Waals surface area contributed by atoms with E-state index < -0.39 is 11.9 Å². The van der Waals surface area contributed by atoms with Crippen molar-refractivity contribution in [1.29, 1.82) is 0 Å². The molecular formula is C13H11ClF3NO. The van der Waals surface area contributed by atoms with Gasteiger partial charge in [0.25, 0.3) is 0 Å². The minimum atomic E-state index is -4.52. The lowest BCUT2D eigenvalue weighted by Crippen LogP contribution is -2.11. The third-order valence-electron chi connectivity index (χ3n) is 2.92. The highest BCUT2D eigenvalue weighted by Crippen LogP contribution is 2.38. The summed E-state index contributed by atoms with van der Waals surface area (Å²) in [6, 6.07) is 3.21. The molecule has 1 heterocycles. The van der Waals surface area contributed by atoms with E-state index in [1.807, 2.05) is 0 Å². The number of rotatable bonds is 1. The van der Waals surface area contributed by atoms with Gasteiger partial charge >= 0.3 is 6.18 Å². The van der Waals surface area contributed by atoms with Gasteiger partial charge in [-0.15, -0.1) is 0 Å². The van der Waals surface area contributed by atoms with E-state index in [4.69, 9.17) is 16.3 Å². The molecule has 0 aliphatic rings. The number of ether oxygens (including phenoxy) is 1. The molecule has 0 fully saturated rings. The maximum Gasteiger partial charge on any atom is 0.433 e. The Hall–Kier alpha value is -1.49. The van der Waals surface area contributed by atoms with E-state index in [0.717, 1.165) is 0 Å². The highest BCUT2D eigenvalue weighted by molar-refractivity contribution is 6.36. The summed E-state index contributed by atoms with van der Waals surface area (Å²) < 4.78 is 43.8. The summed E-state index contributed by atoms with van der Waals surface area (Å²) in [5.41, 5.74) is -0.196. The second-order valence-electron chi connectivity index (χ2n) is 4.24. The molecule has 2 rings (SSSR count). The van der Waals surface area contributed by atoms with Crippen molar-refractivity contribution in [2.45, 2.75) is 20.0 Å². The van der Waals surface area contributed by atoms with E-state index in [0.29, 0.717) is 16.7 Å². The Morgan fingerprint density at radius 2 is 1.84 bits per heavy atom. The van der Waals surface area contributed by atoms with E-state index in [9.17, 15) is 13.2 Å².